The van der Waals surface area contributed by atoms with Gasteiger partial charge < -0.3 is 10.5 Å². The standard InChI is InChI=1S/C14H15ClN2O/c1-2-10-3-5-12(6-4-10)18-14-13(15)7-11(8-16)9-17-14/h3-7,9H,2,8,16H2,1H3. The van der Waals surface area contributed by atoms with Gasteiger partial charge in [0, 0.05) is 12.7 Å². The number of ether oxygens (including phenoxy) is 1. The average molecular weight is 263 g/mol. The van der Waals surface area contributed by atoms with Gasteiger partial charge in [-0.15, -0.1) is 0 Å². The molecular formula is C14H15ClN2O. The summed E-state index contributed by atoms with van der Waals surface area (Å²) in [6.07, 6.45) is 2.67. The highest BCUT2D eigenvalue weighted by Crippen LogP contribution is 2.27. The van der Waals surface area contributed by atoms with E-state index in [1.165, 1.54) is 5.56 Å². The first-order valence-electron chi connectivity index (χ1n) is 5.84. The van der Waals surface area contributed by atoms with Crippen LogP contribution >= 0.6 is 11.6 Å². The Labute approximate surface area is 112 Å². The number of hydrogen-bond donors (Lipinski definition) is 1. The molecule has 0 aliphatic carbocycles. The number of hydrogen-bond acceptors (Lipinski definition) is 3. The highest BCUT2D eigenvalue weighted by atomic mass is 35.5. The Morgan fingerprint density at radius 2 is 1.94 bits per heavy atom. The van der Waals surface area contributed by atoms with E-state index in [1.807, 2.05) is 24.3 Å². The van der Waals surface area contributed by atoms with Gasteiger partial charge in [0.2, 0.25) is 5.88 Å². The number of nitrogens with zero attached hydrogens (tertiary/aromatic N) is 1. The predicted octanol–water partition coefficient (Wildman–Crippen LogP) is 3.55. The van der Waals surface area contributed by atoms with Crippen molar-refractivity contribution in [3.05, 3.63) is 52.7 Å². The van der Waals surface area contributed by atoms with E-state index in [4.69, 9.17) is 22.1 Å². The number of halogens is 1. The predicted molar refractivity (Wildman–Crippen MR) is 73.0 cm³/mol. The van der Waals surface area contributed by atoms with Gasteiger partial charge in [-0.25, -0.2) is 4.98 Å². The molecule has 18 heavy (non-hydrogen) atoms. The molecule has 4 heteroatoms. The maximum Gasteiger partial charge on any atom is 0.238 e. The van der Waals surface area contributed by atoms with E-state index in [0.717, 1.165) is 17.7 Å². The summed E-state index contributed by atoms with van der Waals surface area (Å²) in [4.78, 5) is 4.15. The Kier molecular flexibility index (Phi) is 4.18. The summed E-state index contributed by atoms with van der Waals surface area (Å²) in [7, 11) is 0. The van der Waals surface area contributed by atoms with Crippen molar-refractivity contribution in [3.63, 3.8) is 0 Å². The van der Waals surface area contributed by atoms with E-state index in [2.05, 4.69) is 11.9 Å². The largest absolute Gasteiger partial charge is 0.438 e. The lowest BCUT2D eigenvalue weighted by Crippen LogP contribution is -1.98. The van der Waals surface area contributed by atoms with Gasteiger partial charge in [-0.2, -0.15) is 0 Å². The molecule has 0 radical (unpaired) electrons. The van der Waals surface area contributed by atoms with E-state index < -0.39 is 0 Å². The van der Waals surface area contributed by atoms with E-state index in [0.29, 0.717) is 17.4 Å². The van der Waals surface area contributed by atoms with Crippen molar-refractivity contribution in [1.29, 1.82) is 0 Å². The molecule has 0 saturated heterocycles. The highest BCUT2D eigenvalue weighted by Gasteiger charge is 2.05. The molecule has 1 aromatic heterocycles. The Morgan fingerprint density at radius 1 is 1.22 bits per heavy atom. The summed E-state index contributed by atoms with van der Waals surface area (Å²) in [6.45, 7) is 2.53. The smallest absolute Gasteiger partial charge is 0.238 e. The molecule has 1 heterocycles. The average Bonchev–Trinajstić information content (AvgIpc) is 2.42. The third-order valence-electron chi connectivity index (χ3n) is 2.65. The van der Waals surface area contributed by atoms with Crippen molar-refractivity contribution in [2.75, 3.05) is 0 Å². The van der Waals surface area contributed by atoms with Crippen molar-refractivity contribution >= 4 is 11.6 Å². The Balaban J connectivity index is 2.17. The summed E-state index contributed by atoms with van der Waals surface area (Å²) < 4.78 is 5.62. The van der Waals surface area contributed by atoms with Gasteiger partial charge in [0.05, 0.1) is 0 Å². The molecule has 0 spiro atoms. The highest BCUT2D eigenvalue weighted by molar-refractivity contribution is 6.31. The van der Waals surface area contributed by atoms with Gasteiger partial charge in [-0.3, -0.25) is 0 Å². The molecule has 0 amide bonds. The SMILES string of the molecule is CCc1ccc(Oc2ncc(CN)cc2Cl)cc1. The van der Waals surface area contributed by atoms with Gasteiger partial charge in [0.15, 0.2) is 0 Å². The van der Waals surface area contributed by atoms with Crippen molar-refractivity contribution in [2.24, 2.45) is 5.73 Å². The Bertz CT molecular complexity index is 526. The molecule has 0 unspecified atom stereocenters. The fourth-order valence-corrected chi connectivity index (χ4v) is 1.78. The van der Waals surface area contributed by atoms with Crippen LogP contribution in [0.4, 0.5) is 0 Å². The molecule has 0 saturated carbocycles. The lowest BCUT2D eigenvalue weighted by molar-refractivity contribution is 0.462. The summed E-state index contributed by atoms with van der Waals surface area (Å²) >= 11 is 6.07. The van der Waals surface area contributed by atoms with Crippen LogP contribution in [0.3, 0.4) is 0 Å². The number of aryl methyl sites for hydroxylation is 1. The van der Waals surface area contributed by atoms with Gasteiger partial charge in [0.25, 0.3) is 0 Å². The second kappa shape index (κ2) is 5.85. The van der Waals surface area contributed by atoms with E-state index >= 15 is 0 Å². The van der Waals surface area contributed by atoms with Crippen LogP contribution in [0.1, 0.15) is 18.1 Å². The third-order valence-corrected chi connectivity index (χ3v) is 2.92. The normalized spacial score (nSPS) is 10.4. The van der Waals surface area contributed by atoms with Crippen LogP contribution in [0.25, 0.3) is 0 Å². The molecule has 2 N–H and O–H groups in total. The minimum absolute atomic E-state index is 0.401. The van der Waals surface area contributed by atoms with Crippen molar-refractivity contribution in [2.45, 2.75) is 19.9 Å². The fourth-order valence-electron chi connectivity index (χ4n) is 1.56. The molecule has 2 aromatic rings. The lowest BCUT2D eigenvalue weighted by Gasteiger charge is -2.07. The fraction of sp³-hybridized carbons (Fsp3) is 0.214. The van der Waals surface area contributed by atoms with Crippen LogP contribution in [-0.4, -0.2) is 4.98 Å². The molecule has 0 fully saturated rings. The van der Waals surface area contributed by atoms with E-state index in [9.17, 15) is 0 Å². The second-order valence-electron chi connectivity index (χ2n) is 3.93. The molecule has 94 valence electrons. The summed E-state index contributed by atoms with van der Waals surface area (Å²) in [5, 5.41) is 0.470. The maximum absolute atomic E-state index is 6.07. The summed E-state index contributed by atoms with van der Waals surface area (Å²) in [6, 6.07) is 9.64. The number of nitrogens with two attached hydrogens (primary N) is 1. The van der Waals surface area contributed by atoms with Gasteiger partial charge in [0.1, 0.15) is 10.8 Å². The molecular weight excluding hydrogens is 248 g/mol. The molecule has 3 nitrogen and oxygen atoms in total. The van der Waals surface area contributed by atoms with Gasteiger partial charge >= 0.3 is 0 Å². The van der Waals surface area contributed by atoms with Crippen LogP contribution < -0.4 is 10.5 Å². The van der Waals surface area contributed by atoms with Gasteiger partial charge in [-0.05, 0) is 35.7 Å². The Hall–Kier alpha value is -1.58. The van der Waals surface area contributed by atoms with Crippen molar-refractivity contribution in [1.82, 2.24) is 4.98 Å². The molecule has 1 aromatic carbocycles. The third kappa shape index (κ3) is 3.00. The first-order valence-corrected chi connectivity index (χ1v) is 6.22. The first kappa shape index (κ1) is 12.9. The van der Waals surface area contributed by atoms with Crippen molar-refractivity contribution in [3.8, 4) is 11.6 Å². The summed E-state index contributed by atoms with van der Waals surface area (Å²) in [5.74, 6) is 1.13. The van der Waals surface area contributed by atoms with Gasteiger partial charge in [-0.1, -0.05) is 30.7 Å². The van der Waals surface area contributed by atoms with E-state index in [1.54, 1.807) is 12.3 Å². The molecule has 0 bridgehead atoms. The quantitative estimate of drug-likeness (QED) is 0.917. The van der Waals surface area contributed by atoms with Crippen LogP contribution in [0, 0.1) is 0 Å². The monoisotopic (exact) mass is 262 g/mol. The van der Waals surface area contributed by atoms with Crippen molar-refractivity contribution < 1.29 is 4.74 Å². The number of benzene rings is 1. The lowest BCUT2D eigenvalue weighted by atomic mass is 10.2. The zero-order valence-electron chi connectivity index (χ0n) is 10.2. The molecule has 2 rings (SSSR count). The van der Waals surface area contributed by atoms with Crippen LogP contribution in [0.15, 0.2) is 36.5 Å². The Morgan fingerprint density at radius 3 is 2.50 bits per heavy atom. The van der Waals surface area contributed by atoms with Crippen LogP contribution in [0.5, 0.6) is 11.6 Å². The number of pyridine rings is 1. The first-order chi connectivity index (χ1) is 8.72. The zero-order valence-corrected chi connectivity index (χ0v) is 10.9. The topological polar surface area (TPSA) is 48.1 Å². The summed E-state index contributed by atoms with van der Waals surface area (Å²) in [5.41, 5.74) is 7.66. The number of rotatable bonds is 4. The molecule has 0 atom stereocenters. The second-order valence-corrected chi connectivity index (χ2v) is 4.34. The maximum atomic E-state index is 6.07. The van der Waals surface area contributed by atoms with E-state index in [-0.39, 0.29) is 0 Å². The zero-order chi connectivity index (χ0) is 13.0. The van der Waals surface area contributed by atoms with Crippen LogP contribution in [0.2, 0.25) is 5.02 Å². The number of aromatic nitrogens is 1. The molecule has 0 aliphatic heterocycles. The molecule has 0 aliphatic rings. The van der Waals surface area contributed by atoms with Crippen LogP contribution in [-0.2, 0) is 13.0 Å². The minimum Gasteiger partial charge on any atom is -0.438 e. The minimum atomic E-state index is 0.401.